The van der Waals surface area contributed by atoms with Gasteiger partial charge >= 0.3 is 0 Å². The van der Waals surface area contributed by atoms with Gasteiger partial charge in [-0.2, -0.15) is 0 Å². The molecule has 27 heavy (non-hydrogen) atoms. The van der Waals surface area contributed by atoms with Crippen LogP contribution in [0.3, 0.4) is 0 Å². The van der Waals surface area contributed by atoms with Gasteiger partial charge in [-0.1, -0.05) is 44.5 Å². The minimum absolute atomic E-state index is 0.0840. The number of hydrogen-bond donors (Lipinski definition) is 1. The Morgan fingerprint density at radius 2 is 1.85 bits per heavy atom. The Morgan fingerprint density at radius 3 is 2.52 bits per heavy atom. The maximum Gasteiger partial charge on any atom is 0.261 e. The van der Waals surface area contributed by atoms with Crippen LogP contribution in [0.5, 0.6) is 5.75 Å². The van der Waals surface area contributed by atoms with Gasteiger partial charge in [-0.15, -0.1) is 0 Å². The fourth-order valence-corrected chi connectivity index (χ4v) is 2.93. The summed E-state index contributed by atoms with van der Waals surface area (Å²) in [4.78, 5) is 16.9. The molecule has 1 heterocycles. The monoisotopic (exact) mass is 366 g/mol. The summed E-state index contributed by atoms with van der Waals surface area (Å²) in [5.41, 5.74) is 2.81. The summed E-state index contributed by atoms with van der Waals surface area (Å²) in [6.45, 7) is 8.64. The number of aromatic nitrogens is 2. The van der Waals surface area contributed by atoms with Crippen molar-refractivity contribution in [3.63, 3.8) is 0 Å². The Labute approximate surface area is 159 Å². The van der Waals surface area contributed by atoms with Crippen molar-refractivity contribution in [3.05, 3.63) is 70.3 Å². The molecular weight excluding hydrogens is 340 g/mol. The molecule has 0 radical (unpaired) electrons. The number of fused-ring (bicyclic) bond motifs is 1. The third-order valence-corrected chi connectivity index (χ3v) is 4.55. The number of aliphatic hydroxyl groups excluding tert-OH is 1. The summed E-state index contributed by atoms with van der Waals surface area (Å²) in [6.07, 6.45) is 0.662. The molecule has 0 spiro atoms. The lowest BCUT2D eigenvalue weighted by atomic mass is 9.87. The third-order valence-electron chi connectivity index (χ3n) is 4.55. The molecule has 0 saturated heterocycles. The second-order valence-corrected chi connectivity index (χ2v) is 7.96. The van der Waals surface area contributed by atoms with E-state index in [1.165, 1.54) is 16.5 Å². The number of hydrogen-bond acceptors (Lipinski definition) is 4. The number of rotatable bonds is 5. The van der Waals surface area contributed by atoms with Crippen LogP contribution in [0, 0.1) is 6.92 Å². The number of nitrogens with zero attached hydrogens (tertiary/aromatic N) is 2. The topological polar surface area (TPSA) is 64.3 Å². The maximum absolute atomic E-state index is 12.6. The van der Waals surface area contributed by atoms with E-state index in [4.69, 9.17) is 4.74 Å². The Kier molecular flexibility index (Phi) is 5.33. The molecule has 1 unspecified atom stereocenters. The van der Waals surface area contributed by atoms with Gasteiger partial charge in [0.15, 0.2) is 0 Å². The van der Waals surface area contributed by atoms with E-state index in [9.17, 15) is 9.90 Å². The van der Waals surface area contributed by atoms with Crippen LogP contribution in [0.1, 0.15) is 31.9 Å². The van der Waals surface area contributed by atoms with E-state index >= 15 is 0 Å². The van der Waals surface area contributed by atoms with Crippen LogP contribution in [-0.4, -0.2) is 27.4 Å². The maximum atomic E-state index is 12.6. The molecule has 0 aliphatic rings. The van der Waals surface area contributed by atoms with Gasteiger partial charge in [-0.05, 0) is 42.2 Å². The molecule has 1 N–H and O–H groups in total. The quantitative estimate of drug-likeness (QED) is 0.751. The number of ether oxygens (including phenoxy) is 1. The second kappa shape index (κ2) is 7.53. The summed E-state index contributed by atoms with van der Waals surface area (Å²) in [5.74, 6) is 0.696. The van der Waals surface area contributed by atoms with Crippen LogP contribution in [-0.2, 0) is 12.0 Å². The minimum atomic E-state index is -0.811. The van der Waals surface area contributed by atoms with Crippen LogP contribution in [0.2, 0.25) is 0 Å². The van der Waals surface area contributed by atoms with Crippen molar-refractivity contribution in [1.82, 2.24) is 9.55 Å². The first-order chi connectivity index (χ1) is 12.7. The van der Waals surface area contributed by atoms with Crippen molar-refractivity contribution in [2.24, 2.45) is 0 Å². The van der Waals surface area contributed by atoms with E-state index < -0.39 is 6.10 Å². The van der Waals surface area contributed by atoms with Gasteiger partial charge in [0, 0.05) is 0 Å². The Balaban J connectivity index is 1.66. The molecule has 3 rings (SSSR count). The van der Waals surface area contributed by atoms with Gasteiger partial charge in [0.05, 0.1) is 23.8 Å². The summed E-state index contributed by atoms with van der Waals surface area (Å²) in [6, 6.07) is 13.4. The molecule has 0 fully saturated rings. The van der Waals surface area contributed by atoms with E-state index in [1.807, 2.05) is 49.4 Å². The first-order valence-corrected chi connectivity index (χ1v) is 9.11. The van der Waals surface area contributed by atoms with Crippen LogP contribution in [0.15, 0.2) is 53.6 Å². The highest BCUT2D eigenvalue weighted by Gasteiger charge is 2.14. The molecule has 5 nitrogen and oxygen atoms in total. The van der Waals surface area contributed by atoms with Crippen molar-refractivity contribution in [3.8, 4) is 5.75 Å². The average Bonchev–Trinajstić information content (AvgIpc) is 2.62. The Bertz CT molecular complexity index is 985. The molecule has 0 saturated carbocycles. The fourth-order valence-electron chi connectivity index (χ4n) is 2.93. The van der Waals surface area contributed by atoms with Gasteiger partial charge in [0.25, 0.3) is 5.56 Å². The molecule has 1 atom stereocenters. The van der Waals surface area contributed by atoms with Crippen molar-refractivity contribution >= 4 is 10.9 Å². The molecule has 5 heteroatoms. The lowest BCUT2D eigenvalue weighted by Gasteiger charge is -2.19. The van der Waals surface area contributed by atoms with E-state index in [2.05, 4.69) is 25.8 Å². The number of benzene rings is 2. The summed E-state index contributed by atoms with van der Waals surface area (Å²) < 4.78 is 7.10. The summed E-state index contributed by atoms with van der Waals surface area (Å²) >= 11 is 0. The smallest absolute Gasteiger partial charge is 0.261 e. The van der Waals surface area contributed by atoms with E-state index in [1.54, 1.807) is 0 Å². The molecular formula is C22H26N2O3. The number of aryl methyl sites for hydroxylation is 1. The zero-order valence-corrected chi connectivity index (χ0v) is 16.3. The zero-order chi connectivity index (χ0) is 19.6. The van der Waals surface area contributed by atoms with Gasteiger partial charge in [0.1, 0.15) is 18.5 Å². The molecule has 0 amide bonds. The lowest BCUT2D eigenvalue weighted by molar-refractivity contribution is 0.0914. The first-order valence-electron chi connectivity index (χ1n) is 9.11. The number of aliphatic hydroxyl groups is 1. The van der Waals surface area contributed by atoms with E-state index in [-0.39, 0.29) is 24.1 Å². The molecule has 3 aromatic rings. The average molecular weight is 366 g/mol. The fraction of sp³-hybridized carbons (Fsp3) is 0.364. The van der Waals surface area contributed by atoms with Gasteiger partial charge in [-0.25, -0.2) is 4.98 Å². The predicted molar refractivity (Wildman–Crippen MR) is 107 cm³/mol. The SMILES string of the molecule is Cc1ccc2ncn(CC(O)COc3ccc(C(C)(C)C)cc3)c(=O)c2c1. The van der Waals surface area contributed by atoms with Crippen LogP contribution in [0.25, 0.3) is 10.9 Å². The van der Waals surface area contributed by atoms with E-state index in [0.717, 1.165) is 5.56 Å². The summed E-state index contributed by atoms with van der Waals surface area (Å²) in [5, 5.41) is 10.8. The molecule has 2 aromatic carbocycles. The Morgan fingerprint density at radius 1 is 1.15 bits per heavy atom. The molecule has 0 aliphatic heterocycles. The standard InChI is InChI=1S/C22H26N2O3/c1-15-5-10-20-19(11-15)21(26)24(14-23-20)12-17(25)13-27-18-8-6-16(7-9-18)22(2,3)4/h5-11,14,17,25H,12-13H2,1-4H3. The predicted octanol–water partition coefficient (Wildman–Crippen LogP) is 3.44. The second-order valence-electron chi connectivity index (χ2n) is 7.96. The largest absolute Gasteiger partial charge is 0.491 e. The Hall–Kier alpha value is -2.66. The lowest BCUT2D eigenvalue weighted by Crippen LogP contribution is -2.30. The highest BCUT2D eigenvalue weighted by molar-refractivity contribution is 5.77. The van der Waals surface area contributed by atoms with Crippen LogP contribution >= 0.6 is 0 Å². The van der Waals surface area contributed by atoms with Crippen molar-refractivity contribution in [2.75, 3.05) is 6.61 Å². The molecule has 1 aromatic heterocycles. The molecule has 0 bridgehead atoms. The van der Waals surface area contributed by atoms with Crippen molar-refractivity contribution in [1.29, 1.82) is 0 Å². The van der Waals surface area contributed by atoms with Crippen molar-refractivity contribution < 1.29 is 9.84 Å². The highest BCUT2D eigenvalue weighted by atomic mass is 16.5. The summed E-state index contributed by atoms with van der Waals surface area (Å²) in [7, 11) is 0. The van der Waals surface area contributed by atoms with Crippen LogP contribution < -0.4 is 10.3 Å². The van der Waals surface area contributed by atoms with Crippen LogP contribution in [0.4, 0.5) is 0 Å². The van der Waals surface area contributed by atoms with Gasteiger partial charge in [-0.3, -0.25) is 9.36 Å². The van der Waals surface area contributed by atoms with Gasteiger partial charge < -0.3 is 9.84 Å². The van der Waals surface area contributed by atoms with E-state index in [0.29, 0.717) is 16.7 Å². The highest BCUT2D eigenvalue weighted by Crippen LogP contribution is 2.24. The molecule has 142 valence electrons. The van der Waals surface area contributed by atoms with Gasteiger partial charge in [0.2, 0.25) is 0 Å². The normalized spacial score (nSPS) is 12.9. The first kappa shape index (κ1) is 19.1. The van der Waals surface area contributed by atoms with Crippen molar-refractivity contribution in [2.45, 2.75) is 45.8 Å². The molecule has 0 aliphatic carbocycles. The minimum Gasteiger partial charge on any atom is -0.491 e. The third kappa shape index (κ3) is 4.55. The zero-order valence-electron chi connectivity index (χ0n) is 16.3.